The Morgan fingerprint density at radius 1 is 1.36 bits per heavy atom. The molecule has 0 spiro atoms. The zero-order valence-electron chi connectivity index (χ0n) is 6.87. The number of halogens is 2. The van der Waals surface area contributed by atoms with Gasteiger partial charge >= 0.3 is 0 Å². The molecule has 0 saturated heterocycles. The summed E-state index contributed by atoms with van der Waals surface area (Å²) in [4.78, 5) is 10.9. The van der Waals surface area contributed by atoms with Crippen molar-refractivity contribution in [3.8, 4) is 0 Å². The van der Waals surface area contributed by atoms with Crippen molar-refractivity contribution < 1.29 is 10.0 Å². The van der Waals surface area contributed by atoms with Crippen LogP contribution in [0.25, 0.3) is 0 Å². The molecule has 74 valence electrons. The fraction of sp³-hybridized carbons (Fsp3) is 0. The van der Waals surface area contributed by atoms with Crippen LogP contribution in [0.3, 0.4) is 0 Å². The van der Waals surface area contributed by atoms with Crippen LogP contribution in [-0.2, 0) is 4.79 Å². The predicted molar refractivity (Wildman–Crippen MR) is 55.4 cm³/mol. The van der Waals surface area contributed by atoms with Gasteiger partial charge in [-0.25, -0.2) is 0 Å². The standard InChI is InChI=1S/C8H6Cl2N2O2/c9-5-1-6(10)3-7(2-5)12-8(13)4-11-14/h1-4,14H,(H,12,13)/b11-4-. The number of amides is 1. The molecule has 0 atom stereocenters. The number of carbonyl (C=O) groups is 1. The van der Waals surface area contributed by atoms with Gasteiger partial charge in [-0.2, -0.15) is 0 Å². The van der Waals surface area contributed by atoms with E-state index in [2.05, 4.69) is 10.5 Å². The van der Waals surface area contributed by atoms with Gasteiger partial charge < -0.3 is 10.5 Å². The van der Waals surface area contributed by atoms with Crippen molar-refractivity contribution in [2.24, 2.45) is 5.16 Å². The number of benzene rings is 1. The molecular weight excluding hydrogens is 227 g/mol. The molecule has 4 nitrogen and oxygen atoms in total. The van der Waals surface area contributed by atoms with Gasteiger partial charge in [-0.15, -0.1) is 0 Å². The maximum atomic E-state index is 10.9. The molecule has 6 heteroatoms. The first kappa shape index (κ1) is 10.8. The molecule has 0 aliphatic rings. The van der Waals surface area contributed by atoms with Crippen LogP contribution in [0.4, 0.5) is 5.69 Å². The van der Waals surface area contributed by atoms with Crippen molar-refractivity contribution in [2.75, 3.05) is 5.32 Å². The first-order valence-electron chi connectivity index (χ1n) is 3.56. The van der Waals surface area contributed by atoms with Gasteiger partial charge in [0.05, 0.1) is 0 Å². The third-order valence-electron chi connectivity index (χ3n) is 1.31. The highest BCUT2D eigenvalue weighted by Crippen LogP contribution is 2.22. The van der Waals surface area contributed by atoms with Crippen molar-refractivity contribution in [3.63, 3.8) is 0 Å². The average Bonchev–Trinajstić information content (AvgIpc) is 2.01. The van der Waals surface area contributed by atoms with Crippen molar-refractivity contribution in [1.29, 1.82) is 0 Å². The van der Waals surface area contributed by atoms with E-state index in [0.717, 1.165) is 6.21 Å². The lowest BCUT2D eigenvalue weighted by Gasteiger charge is -2.02. The number of nitrogens with zero attached hydrogens (tertiary/aromatic N) is 1. The number of oxime groups is 1. The van der Waals surface area contributed by atoms with Crippen LogP contribution in [0.5, 0.6) is 0 Å². The number of rotatable bonds is 2. The SMILES string of the molecule is O=C(/C=N\O)Nc1cc(Cl)cc(Cl)c1. The molecule has 0 aromatic heterocycles. The summed E-state index contributed by atoms with van der Waals surface area (Å²) in [6.45, 7) is 0. The number of hydrogen-bond donors (Lipinski definition) is 2. The molecule has 0 heterocycles. The molecule has 1 amide bonds. The van der Waals surface area contributed by atoms with Gasteiger partial charge in [0.1, 0.15) is 6.21 Å². The van der Waals surface area contributed by atoms with Gasteiger partial charge in [0, 0.05) is 15.7 Å². The Labute approximate surface area is 90.1 Å². The summed E-state index contributed by atoms with van der Waals surface area (Å²) < 4.78 is 0. The number of carbonyl (C=O) groups excluding carboxylic acids is 1. The zero-order chi connectivity index (χ0) is 10.6. The summed E-state index contributed by atoms with van der Waals surface area (Å²) in [5, 5.41) is 13.9. The van der Waals surface area contributed by atoms with Crippen molar-refractivity contribution in [1.82, 2.24) is 0 Å². The van der Waals surface area contributed by atoms with Crippen molar-refractivity contribution in [2.45, 2.75) is 0 Å². The number of hydrogen-bond acceptors (Lipinski definition) is 3. The maximum absolute atomic E-state index is 10.9. The van der Waals surface area contributed by atoms with E-state index in [0.29, 0.717) is 15.7 Å². The molecule has 1 aromatic carbocycles. The lowest BCUT2D eigenvalue weighted by Crippen LogP contribution is -2.12. The quantitative estimate of drug-likeness (QED) is 0.468. The van der Waals surface area contributed by atoms with Crippen LogP contribution in [0.15, 0.2) is 23.4 Å². The van der Waals surface area contributed by atoms with Gasteiger partial charge in [-0.05, 0) is 18.2 Å². The Morgan fingerprint density at radius 2 is 1.93 bits per heavy atom. The Bertz CT molecular complexity index is 359. The highest BCUT2D eigenvalue weighted by atomic mass is 35.5. The van der Waals surface area contributed by atoms with Crippen LogP contribution in [-0.4, -0.2) is 17.3 Å². The molecule has 0 aliphatic carbocycles. The monoisotopic (exact) mass is 232 g/mol. The second kappa shape index (κ2) is 4.83. The van der Waals surface area contributed by atoms with E-state index in [1.165, 1.54) is 12.1 Å². The first-order valence-corrected chi connectivity index (χ1v) is 4.32. The molecule has 0 fully saturated rings. The van der Waals surface area contributed by atoms with Crippen LogP contribution in [0.2, 0.25) is 10.0 Å². The third kappa shape index (κ3) is 3.24. The van der Waals surface area contributed by atoms with Crippen LogP contribution in [0, 0.1) is 0 Å². The molecule has 14 heavy (non-hydrogen) atoms. The van der Waals surface area contributed by atoms with Gasteiger partial charge in [-0.1, -0.05) is 28.4 Å². The fourth-order valence-corrected chi connectivity index (χ4v) is 1.38. The second-order valence-electron chi connectivity index (χ2n) is 2.39. The second-order valence-corrected chi connectivity index (χ2v) is 3.26. The molecule has 0 saturated carbocycles. The van der Waals surface area contributed by atoms with Crippen molar-refractivity contribution in [3.05, 3.63) is 28.2 Å². The molecule has 0 radical (unpaired) electrons. The van der Waals surface area contributed by atoms with Gasteiger partial charge in [-0.3, -0.25) is 4.79 Å². The summed E-state index contributed by atoms with van der Waals surface area (Å²) in [6.07, 6.45) is 0.731. The fourth-order valence-electron chi connectivity index (χ4n) is 0.853. The Hall–Kier alpha value is -1.26. The minimum atomic E-state index is -0.564. The van der Waals surface area contributed by atoms with Gasteiger partial charge in [0.15, 0.2) is 0 Å². The number of anilines is 1. The van der Waals surface area contributed by atoms with E-state index < -0.39 is 5.91 Å². The maximum Gasteiger partial charge on any atom is 0.270 e. The Kier molecular flexibility index (Phi) is 3.73. The summed E-state index contributed by atoms with van der Waals surface area (Å²) >= 11 is 11.4. The minimum Gasteiger partial charge on any atom is -0.411 e. The molecule has 0 aliphatic heterocycles. The smallest absolute Gasteiger partial charge is 0.270 e. The normalized spacial score (nSPS) is 10.4. The van der Waals surface area contributed by atoms with Gasteiger partial charge in [0.2, 0.25) is 0 Å². The molecule has 1 aromatic rings. The van der Waals surface area contributed by atoms with E-state index >= 15 is 0 Å². The van der Waals surface area contributed by atoms with E-state index in [1.54, 1.807) is 6.07 Å². The average molecular weight is 233 g/mol. The van der Waals surface area contributed by atoms with E-state index in [9.17, 15) is 4.79 Å². The molecular formula is C8H6Cl2N2O2. The van der Waals surface area contributed by atoms with Crippen LogP contribution >= 0.6 is 23.2 Å². The summed E-state index contributed by atoms with van der Waals surface area (Å²) in [6, 6.07) is 4.59. The van der Waals surface area contributed by atoms with Crippen molar-refractivity contribution >= 4 is 41.0 Å². The Balaban J connectivity index is 2.81. The van der Waals surface area contributed by atoms with Gasteiger partial charge in [0.25, 0.3) is 5.91 Å². The lowest BCUT2D eigenvalue weighted by atomic mass is 10.3. The van der Waals surface area contributed by atoms with E-state index in [4.69, 9.17) is 28.4 Å². The Morgan fingerprint density at radius 3 is 2.43 bits per heavy atom. The zero-order valence-corrected chi connectivity index (χ0v) is 8.38. The number of nitrogens with one attached hydrogen (secondary N) is 1. The molecule has 1 rings (SSSR count). The molecule has 2 N–H and O–H groups in total. The topological polar surface area (TPSA) is 61.7 Å². The molecule has 0 unspecified atom stereocenters. The highest BCUT2D eigenvalue weighted by molar-refractivity contribution is 6.36. The van der Waals surface area contributed by atoms with E-state index in [1.807, 2.05) is 0 Å². The molecule has 0 bridgehead atoms. The minimum absolute atomic E-state index is 0.411. The lowest BCUT2D eigenvalue weighted by molar-refractivity contribution is -0.110. The highest BCUT2D eigenvalue weighted by Gasteiger charge is 2.01. The largest absolute Gasteiger partial charge is 0.411 e. The first-order chi connectivity index (χ1) is 6.61. The van der Waals surface area contributed by atoms with Crippen LogP contribution < -0.4 is 5.32 Å². The summed E-state index contributed by atoms with van der Waals surface area (Å²) in [7, 11) is 0. The van der Waals surface area contributed by atoms with E-state index in [-0.39, 0.29) is 0 Å². The summed E-state index contributed by atoms with van der Waals surface area (Å²) in [5.41, 5.74) is 0.437. The third-order valence-corrected chi connectivity index (χ3v) is 1.74. The van der Waals surface area contributed by atoms with Crippen LogP contribution in [0.1, 0.15) is 0 Å². The summed E-state index contributed by atoms with van der Waals surface area (Å²) in [5.74, 6) is -0.564. The predicted octanol–water partition coefficient (Wildman–Crippen LogP) is 2.39.